The average molecular weight is 270 g/mol. The van der Waals surface area contributed by atoms with Gasteiger partial charge >= 0.3 is 5.69 Å². The highest BCUT2D eigenvalue weighted by Crippen LogP contribution is 2.21. The van der Waals surface area contributed by atoms with Gasteiger partial charge in [0, 0.05) is 13.2 Å². The summed E-state index contributed by atoms with van der Waals surface area (Å²) in [4.78, 5) is 22.1. The van der Waals surface area contributed by atoms with E-state index in [2.05, 4.69) is 10.4 Å². The predicted octanol–water partition coefficient (Wildman–Crippen LogP) is 0.559. The van der Waals surface area contributed by atoms with Gasteiger partial charge in [0.05, 0.1) is 11.5 Å². The van der Waals surface area contributed by atoms with E-state index in [1.54, 1.807) is 21.0 Å². The fraction of sp³-hybridized carbons (Fsp3) is 0.636. The Kier molecular flexibility index (Phi) is 4.99. The number of aromatic nitrogens is 2. The van der Waals surface area contributed by atoms with E-state index in [0.717, 1.165) is 0 Å². The van der Waals surface area contributed by atoms with Crippen molar-refractivity contribution in [1.82, 2.24) is 15.1 Å². The molecule has 19 heavy (non-hydrogen) atoms. The van der Waals surface area contributed by atoms with E-state index in [1.807, 2.05) is 6.92 Å². The molecule has 0 aliphatic rings. The predicted molar refractivity (Wildman–Crippen MR) is 67.8 cm³/mol. The molecule has 0 fully saturated rings. The second-order valence-electron chi connectivity index (χ2n) is 4.36. The Balaban J connectivity index is 2.75. The monoisotopic (exact) mass is 270 g/mol. The molecule has 0 saturated carbocycles. The van der Waals surface area contributed by atoms with Crippen LogP contribution in [0, 0.1) is 24.0 Å². The zero-order chi connectivity index (χ0) is 14.6. The van der Waals surface area contributed by atoms with Crippen LogP contribution in [0.1, 0.15) is 18.3 Å². The molecule has 0 bridgehead atoms. The van der Waals surface area contributed by atoms with Gasteiger partial charge in [0.25, 0.3) is 0 Å². The molecule has 0 spiro atoms. The van der Waals surface area contributed by atoms with Crippen LogP contribution in [-0.4, -0.2) is 40.4 Å². The summed E-state index contributed by atoms with van der Waals surface area (Å²) in [7, 11) is 1.55. The van der Waals surface area contributed by atoms with Gasteiger partial charge < -0.3 is 10.1 Å². The Labute approximate surface area is 110 Å². The number of carbonyl (C=O) groups is 1. The zero-order valence-electron chi connectivity index (χ0n) is 11.5. The van der Waals surface area contributed by atoms with Gasteiger partial charge in [0.1, 0.15) is 17.9 Å². The van der Waals surface area contributed by atoms with Crippen molar-refractivity contribution in [2.24, 2.45) is 0 Å². The number of nitrogens with one attached hydrogen (secondary N) is 1. The average Bonchev–Trinajstić information content (AvgIpc) is 2.53. The minimum Gasteiger partial charge on any atom is -0.383 e. The molecule has 1 aromatic rings. The normalized spacial score (nSPS) is 12.2. The maximum atomic E-state index is 11.7. The van der Waals surface area contributed by atoms with Crippen LogP contribution in [-0.2, 0) is 16.1 Å². The molecule has 1 amide bonds. The maximum Gasteiger partial charge on any atom is 0.312 e. The van der Waals surface area contributed by atoms with Gasteiger partial charge in [0.15, 0.2) is 0 Å². The van der Waals surface area contributed by atoms with Crippen molar-refractivity contribution in [3.8, 4) is 0 Å². The van der Waals surface area contributed by atoms with Crippen molar-refractivity contribution >= 4 is 11.6 Å². The van der Waals surface area contributed by atoms with Crippen LogP contribution in [0.15, 0.2) is 0 Å². The molecule has 0 unspecified atom stereocenters. The lowest BCUT2D eigenvalue weighted by atomic mass is 10.3. The minimum absolute atomic E-state index is 0.0438. The summed E-state index contributed by atoms with van der Waals surface area (Å²) >= 11 is 0. The third kappa shape index (κ3) is 3.75. The molecule has 1 atom stereocenters. The van der Waals surface area contributed by atoms with Crippen molar-refractivity contribution in [1.29, 1.82) is 0 Å². The van der Waals surface area contributed by atoms with E-state index in [4.69, 9.17) is 4.74 Å². The number of hydrogen-bond donors (Lipinski definition) is 1. The number of nitrogens with zero attached hydrogens (tertiary/aromatic N) is 3. The third-order valence-electron chi connectivity index (χ3n) is 2.64. The van der Waals surface area contributed by atoms with Gasteiger partial charge in [-0.15, -0.1) is 0 Å². The van der Waals surface area contributed by atoms with E-state index in [9.17, 15) is 14.9 Å². The van der Waals surface area contributed by atoms with Gasteiger partial charge in [-0.05, 0) is 20.8 Å². The number of ether oxygens (including phenoxy) is 1. The van der Waals surface area contributed by atoms with E-state index < -0.39 is 4.92 Å². The minimum atomic E-state index is -0.486. The van der Waals surface area contributed by atoms with E-state index in [-0.39, 0.29) is 24.2 Å². The Morgan fingerprint density at radius 2 is 2.21 bits per heavy atom. The van der Waals surface area contributed by atoms with Crippen molar-refractivity contribution in [2.75, 3.05) is 13.7 Å². The summed E-state index contributed by atoms with van der Waals surface area (Å²) in [5, 5.41) is 17.6. The molecule has 1 heterocycles. The standard InChI is InChI=1S/C11H18N4O4/c1-7(6-19-4)12-10(16)5-14-9(3)11(15(17)18)8(2)13-14/h7H,5-6H2,1-4H3,(H,12,16)/t7-/m0/s1. The summed E-state index contributed by atoms with van der Waals surface area (Å²) in [6.07, 6.45) is 0. The summed E-state index contributed by atoms with van der Waals surface area (Å²) in [6.45, 7) is 5.29. The highest BCUT2D eigenvalue weighted by atomic mass is 16.6. The topological polar surface area (TPSA) is 99.3 Å². The number of carbonyl (C=O) groups excluding carboxylic acids is 1. The van der Waals surface area contributed by atoms with E-state index >= 15 is 0 Å². The molecule has 0 aliphatic carbocycles. The Morgan fingerprint density at radius 3 is 2.68 bits per heavy atom. The first kappa shape index (κ1) is 15.1. The molecule has 0 aliphatic heterocycles. The number of hydrogen-bond acceptors (Lipinski definition) is 5. The lowest BCUT2D eigenvalue weighted by Crippen LogP contribution is -2.38. The molecule has 0 saturated heterocycles. The second-order valence-corrected chi connectivity index (χ2v) is 4.36. The first-order valence-corrected chi connectivity index (χ1v) is 5.83. The van der Waals surface area contributed by atoms with E-state index in [1.165, 1.54) is 4.68 Å². The molecule has 1 N–H and O–H groups in total. The summed E-state index contributed by atoms with van der Waals surface area (Å²) in [5.74, 6) is -0.259. The fourth-order valence-corrected chi connectivity index (χ4v) is 1.85. The van der Waals surface area contributed by atoms with Crippen LogP contribution in [0.2, 0.25) is 0 Å². The van der Waals surface area contributed by atoms with Crippen LogP contribution in [0.5, 0.6) is 0 Å². The van der Waals surface area contributed by atoms with Crippen LogP contribution >= 0.6 is 0 Å². The third-order valence-corrected chi connectivity index (χ3v) is 2.64. The Morgan fingerprint density at radius 1 is 1.58 bits per heavy atom. The van der Waals surface area contributed by atoms with Gasteiger partial charge in [-0.25, -0.2) is 0 Å². The first-order chi connectivity index (χ1) is 8.86. The van der Waals surface area contributed by atoms with Crippen LogP contribution < -0.4 is 5.32 Å². The number of rotatable bonds is 6. The highest BCUT2D eigenvalue weighted by molar-refractivity contribution is 5.76. The number of amides is 1. The molecule has 0 radical (unpaired) electrons. The molecule has 106 valence electrons. The Hall–Kier alpha value is -1.96. The van der Waals surface area contributed by atoms with E-state index in [0.29, 0.717) is 18.0 Å². The lowest BCUT2D eigenvalue weighted by Gasteiger charge is -2.12. The molecule has 0 aromatic carbocycles. The maximum absolute atomic E-state index is 11.7. The smallest absolute Gasteiger partial charge is 0.312 e. The lowest BCUT2D eigenvalue weighted by molar-refractivity contribution is -0.386. The summed E-state index contributed by atoms with van der Waals surface area (Å²) in [5.41, 5.74) is 0.634. The van der Waals surface area contributed by atoms with Crippen molar-refractivity contribution in [3.63, 3.8) is 0 Å². The molecular weight excluding hydrogens is 252 g/mol. The van der Waals surface area contributed by atoms with Gasteiger partial charge in [-0.2, -0.15) is 5.10 Å². The van der Waals surface area contributed by atoms with Gasteiger partial charge in [-0.3, -0.25) is 19.6 Å². The quantitative estimate of drug-likeness (QED) is 0.601. The van der Waals surface area contributed by atoms with Crippen LogP contribution in [0.4, 0.5) is 5.69 Å². The SMILES string of the molecule is COC[C@H](C)NC(=O)Cn1nc(C)c([N+](=O)[O-])c1C. The van der Waals surface area contributed by atoms with Gasteiger partial charge in [0.2, 0.25) is 5.91 Å². The second kappa shape index (κ2) is 6.28. The van der Waals surface area contributed by atoms with Gasteiger partial charge in [-0.1, -0.05) is 0 Å². The summed E-state index contributed by atoms with van der Waals surface area (Å²) in [6, 6.07) is -0.121. The largest absolute Gasteiger partial charge is 0.383 e. The van der Waals surface area contributed by atoms with Crippen molar-refractivity contribution in [2.45, 2.75) is 33.4 Å². The van der Waals surface area contributed by atoms with Crippen LogP contribution in [0.25, 0.3) is 0 Å². The number of aryl methyl sites for hydroxylation is 1. The Bertz CT molecular complexity index is 483. The highest BCUT2D eigenvalue weighted by Gasteiger charge is 2.22. The number of nitro groups is 1. The molecule has 1 rings (SSSR count). The fourth-order valence-electron chi connectivity index (χ4n) is 1.85. The zero-order valence-corrected chi connectivity index (χ0v) is 11.5. The van der Waals surface area contributed by atoms with Crippen molar-refractivity contribution < 1.29 is 14.5 Å². The molecule has 8 heteroatoms. The summed E-state index contributed by atoms with van der Waals surface area (Å²) < 4.78 is 6.24. The molecule has 8 nitrogen and oxygen atoms in total. The molecule has 1 aromatic heterocycles. The van der Waals surface area contributed by atoms with Crippen LogP contribution in [0.3, 0.4) is 0 Å². The first-order valence-electron chi connectivity index (χ1n) is 5.83. The molecular formula is C11H18N4O4. The van der Waals surface area contributed by atoms with Crippen molar-refractivity contribution in [3.05, 3.63) is 21.5 Å². The number of methoxy groups -OCH3 is 1.